The minimum Gasteiger partial charge on any atom is -0.375 e. The first kappa shape index (κ1) is 10.9. The predicted octanol–water partition coefficient (Wildman–Crippen LogP) is -1.08. The Kier molecular flexibility index (Phi) is 3.23. The molecule has 3 N–H and O–H groups in total. The van der Waals surface area contributed by atoms with Crippen LogP contribution in [0.1, 0.15) is 13.3 Å². The van der Waals surface area contributed by atoms with E-state index in [4.69, 9.17) is 10.5 Å². The second kappa shape index (κ2) is 4.47. The summed E-state index contributed by atoms with van der Waals surface area (Å²) in [5.41, 5.74) is 5.78. The third-order valence-corrected chi connectivity index (χ3v) is 3.12. The monoisotopic (exact) mass is 213 g/mol. The zero-order valence-corrected chi connectivity index (χ0v) is 9.11. The number of nitrogens with zero attached hydrogens (tertiary/aromatic N) is 1. The van der Waals surface area contributed by atoms with Gasteiger partial charge in [0.15, 0.2) is 0 Å². The predicted molar refractivity (Wildman–Crippen MR) is 56.4 cm³/mol. The lowest BCUT2D eigenvalue weighted by atomic mass is 10.1. The van der Waals surface area contributed by atoms with Crippen molar-refractivity contribution in [1.82, 2.24) is 10.2 Å². The van der Waals surface area contributed by atoms with Gasteiger partial charge in [-0.1, -0.05) is 0 Å². The van der Waals surface area contributed by atoms with Gasteiger partial charge in [-0.15, -0.1) is 0 Å². The average molecular weight is 213 g/mol. The van der Waals surface area contributed by atoms with Crippen molar-refractivity contribution in [1.29, 1.82) is 0 Å². The molecule has 0 radical (unpaired) electrons. The van der Waals surface area contributed by atoms with Crippen LogP contribution in [0.25, 0.3) is 0 Å². The average Bonchev–Trinajstić information content (AvgIpc) is 2.65. The Morgan fingerprint density at radius 1 is 1.60 bits per heavy atom. The van der Waals surface area contributed by atoms with Gasteiger partial charge >= 0.3 is 0 Å². The molecule has 3 atom stereocenters. The van der Waals surface area contributed by atoms with E-state index in [0.717, 1.165) is 19.5 Å². The van der Waals surface area contributed by atoms with Crippen LogP contribution >= 0.6 is 0 Å². The van der Waals surface area contributed by atoms with Crippen LogP contribution in [-0.2, 0) is 9.53 Å². The SMILES string of the molecule is C[C@H]1OCCN[C@@H]1C(=O)N1CC[C@@H](N)C1. The number of hydrogen-bond donors (Lipinski definition) is 2. The smallest absolute Gasteiger partial charge is 0.242 e. The molecule has 0 bridgehead atoms. The molecule has 15 heavy (non-hydrogen) atoms. The van der Waals surface area contributed by atoms with E-state index in [9.17, 15) is 4.79 Å². The van der Waals surface area contributed by atoms with E-state index in [0.29, 0.717) is 13.2 Å². The molecule has 0 aromatic carbocycles. The molecule has 2 rings (SSSR count). The number of carbonyl (C=O) groups excluding carboxylic acids is 1. The highest BCUT2D eigenvalue weighted by atomic mass is 16.5. The van der Waals surface area contributed by atoms with E-state index in [1.807, 2.05) is 11.8 Å². The van der Waals surface area contributed by atoms with Gasteiger partial charge in [-0.25, -0.2) is 0 Å². The number of morpholine rings is 1. The largest absolute Gasteiger partial charge is 0.375 e. The van der Waals surface area contributed by atoms with Gasteiger partial charge in [0, 0.05) is 25.7 Å². The zero-order valence-electron chi connectivity index (χ0n) is 9.11. The number of nitrogens with two attached hydrogens (primary N) is 1. The van der Waals surface area contributed by atoms with Crippen molar-refractivity contribution < 1.29 is 9.53 Å². The van der Waals surface area contributed by atoms with Gasteiger partial charge in [-0.2, -0.15) is 0 Å². The van der Waals surface area contributed by atoms with Crippen molar-refractivity contribution in [3.05, 3.63) is 0 Å². The van der Waals surface area contributed by atoms with Crippen molar-refractivity contribution in [2.24, 2.45) is 5.73 Å². The minimum absolute atomic E-state index is 0.0388. The fourth-order valence-electron chi connectivity index (χ4n) is 2.19. The highest BCUT2D eigenvalue weighted by Gasteiger charge is 2.34. The van der Waals surface area contributed by atoms with Crippen molar-refractivity contribution >= 4 is 5.91 Å². The quantitative estimate of drug-likeness (QED) is 0.581. The molecule has 0 aromatic heterocycles. The molecular formula is C10H19N3O2. The molecule has 1 amide bonds. The Balaban J connectivity index is 1.94. The number of likely N-dealkylation sites (tertiary alicyclic amines) is 1. The molecule has 0 aliphatic carbocycles. The van der Waals surface area contributed by atoms with Gasteiger partial charge in [0.2, 0.25) is 5.91 Å². The van der Waals surface area contributed by atoms with Crippen LogP contribution in [0.5, 0.6) is 0 Å². The van der Waals surface area contributed by atoms with Crippen LogP contribution in [0.2, 0.25) is 0 Å². The molecule has 2 heterocycles. The minimum atomic E-state index is -0.191. The third-order valence-electron chi connectivity index (χ3n) is 3.12. The Bertz CT molecular complexity index is 247. The van der Waals surface area contributed by atoms with Gasteiger partial charge in [0.1, 0.15) is 6.04 Å². The third kappa shape index (κ3) is 2.30. The first-order chi connectivity index (χ1) is 7.18. The maximum atomic E-state index is 12.1. The van der Waals surface area contributed by atoms with Crippen LogP contribution < -0.4 is 11.1 Å². The van der Waals surface area contributed by atoms with Gasteiger partial charge < -0.3 is 20.7 Å². The molecule has 0 aromatic rings. The summed E-state index contributed by atoms with van der Waals surface area (Å²) in [7, 11) is 0. The lowest BCUT2D eigenvalue weighted by molar-refractivity contribution is -0.138. The van der Waals surface area contributed by atoms with Crippen LogP contribution in [0.3, 0.4) is 0 Å². The molecule has 0 saturated carbocycles. The summed E-state index contributed by atoms with van der Waals surface area (Å²) in [6.45, 7) is 4.84. The highest BCUT2D eigenvalue weighted by Crippen LogP contribution is 2.13. The normalized spacial score (nSPS) is 36.9. The van der Waals surface area contributed by atoms with E-state index < -0.39 is 0 Å². The maximum absolute atomic E-state index is 12.1. The van der Waals surface area contributed by atoms with Gasteiger partial charge in [-0.3, -0.25) is 4.79 Å². The lowest BCUT2D eigenvalue weighted by Crippen LogP contribution is -2.56. The first-order valence-corrected chi connectivity index (χ1v) is 5.58. The van der Waals surface area contributed by atoms with E-state index in [2.05, 4.69) is 5.32 Å². The Morgan fingerprint density at radius 2 is 2.40 bits per heavy atom. The molecule has 2 aliphatic heterocycles. The number of amides is 1. The van der Waals surface area contributed by atoms with E-state index in [1.165, 1.54) is 0 Å². The number of carbonyl (C=O) groups is 1. The van der Waals surface area contributed by atoms with E-state index in [1.54, 1.807) is 0 Å². The summed E-state index contributed by atoms with van der Waals surface area (Å²) in [6.07, 6.45) is 0.872. The second-order valence-corrected chi connectivity index (χ2v) is 4.34. The summed E-state index contributed by atoms with van der Waals surface area (Å²) in [5, 5.41) is 3.20. The van der Waals surface area contributed by atoms with Crippen LogP contribution in [0, 0.1) is 0 Å². The Hall–Kier alpha value is -0.650. The summed E-state index contributed by atoms with van der Waals surface area (Å²) >= 11 is 0. The van der Waals surface area contributed by atoms with Gasteiger partial charge in [0.25, 0.3) is 0 Å². The standard InChI is InChI=1S/C10H19N3O2/c1-7-9(12-3-5-15-7)10(14)13-4-2-8(11)6-13/h7-9,12H,2-6,11H2,1H3/t7-,8-,9+/m1/s1. The topological polar surface area (TPSA) is 67.6 Å². The Labute approximate surface area is 89.9 Å². The number of rotatable bonds is 1. The van der Waals surface area contributed by atoms with Crippen molar-refractivity contribution in [2.45, 2.75) is 31.5 Å². The Morgan fingerprint density at radius 3 is 3.00 bits per heavy atom. The van der Waals surface area contributed by atoms with Crippen LogP contribution in [0.15, 0.2) is 0 Å². The molecule has 0 spiro atoms. The molecule has 5 heteroatoms. The number of ether oxygens (including phenoxy) is 1. The first-order valence-electron chi connectivity index (χ1n) is 5.58. The van der Waals surface area contributed by atoms with Crippen molar-refractivity contribution in [3.63, 3.8) is 0 Å². The molecule has 2 fully saturated rings. The molecule has 86 valence electrons. The highest BCUT2D eigenvalue weighted by molar-refractivity contribution is 5.83. The number of nitrogens with one attached hydrogen (secondary N) is 1. The maximum Gasteiger partial charge on any atom is 0.242 e. The molecule has 5 nitrogen and oxygen atoms in total. The molecule has 0 unspecified atom stereocenters. The molecule has 2 saturated heterocycles. The van der Waals surface area contributed by atoms with Gasteiger partial charge in [0.05, 0.1) is 12.7 Å². The second-order valence-electron chi connectivity index (χ2n) is 4.34. The van der Waals surface area contributed by atoms with Crippen molar-refractivity contribution in [2.75, 3.05) is 26.2 Å². The zero-order chi connectivity index (χ0) is 10.8. The fourth-order valence-corrected chi connectivity index (χ4v) is 2.19. The summed E-state index contributed by atoms with van der Waals surface area (Å²) in [5.74, 6) is 0.134. The summed E-state index contributed by atoms with van der Waals surface area (Å²) in [4.78, 5) is 13.9. The van der Waals surface area contributed by atoms with Crippen LogP contribution in [-0.4, -0.2) is 55.2 Å². The summed E-state index contributed by atoms with van der Waals surface area (Å²) < 4.78 is 5.46. The summed E-state index contributed by atoms with van der Waals surface area (Å²) in [6, 6.07) is -0.0437. The number of hydrogen-bond acceptors (Lipinski definition) is 4. The van der Waals surface area contributed by atoms with Crippen molar-refractivity contribution in [3.8, 4) is 0 Å². The van der Waals surface area contributed by atoms with Gasteiger partial charge in [-0.05, 0) is 13.3 Å². The van der Waals surface area contributed by atoms with E-state index in [-0.39, 0.29) is 24.1 Å². The van der Waals surface area contributed by atoms with E-state index >= 15 is 0 Å². The molecule has 2 aliphatic rings. The van der Waals surface area contributed by atoms with Crippen LogP contribution in [0.4, 0.5) is 0 Å². The fraction of sp³-hybridized carbons (Fsp3) is 0.900. The lowest BCUT2D eigenvalue weighted by Gasteiger charge is -2.32. The molecular weight excluding hydrogens is 194 g/mol.